The van der Waals surface area contributed by atoms with Crippen molar-refractivity contribution in [2.24, 2.45) is 28.6 Å². The number of hydrogen-bond acceptors (Lipinski definition) is 2. The summed E-state index contributed by atoms with van der Waals surface area (Å²) in [6.07, 6.45) is 8.80. The Balaban J connectivity index is 1.78. The lowest BCUT2D eigenvalue weighted by Gasteiger charge is -2.63. The third-order valence-corrected chi connectivity index (χ3v) is 7.31. The normalized spacial score (nSPS) is 53.0. The Morgan fingerprint density at radius 3 is 2.71 bits per heavy atom. The summed E-state index contributed by atoms with van der Waals surface area (Å²) in [7, 11) is 1.85. The van der Waals surface area contributed by atoms with Crippen LogP contribution >= 0.6 is 0 Å². The highest BCUT2D eigenvalue weighted by Gasteiger charge is 2.68. The zero-order valence-electron chi connectivity index (χ0n) is 13.8. The summed E-state index contributed by atoms with van der Waals surface area (Å²) in [5.74, 6) is 1.70. The van der Waals surface area contributed by atoms with Crippen LogP contribution in [0.25, 0.3) is 0 Å². The van der Waals surface area contributed by atoms with Gasteiger partial charge in [-0.25, -0.2) is 0 Å². The van der Waals surface area contributed by atoms with E-state index in [0.717, 1.165) is 13.0 Å². The van der Waals surface area contributed by atoms with Crippen molar-refractivity contribution >= 4 is 0 Å². The minimum atomic E-state index is 0.0704. The van der Waals surface area contributed by atoms with Crippen molar-refractivity contribution in [2.45, 2.75) is 51.7 Å². The van der Waals surface area contributed by atoms with Gasteiger partial charge in [0.05, 0.1) is 18.3 Å². The Hall–Kier alpha value is -0.600. The lowest BCUT2D eigenvalue weighted by molar-refractivity contribution is -0.158. The van der Waals surface area contributed by atoms with Gasteiger partial charge in [0.1, 0.15) is 0 Å². The molecular formula is C19H28O2. The number of epoxide rings is 1. The zero-order chi connectivity index (χ0) is 15.0. The zero-order valence-corrected chi connectivity index (χ0v) is 13.8. The van der Waals surface area contributed by atoms with Crippen LogP contribution in [0.4, 0.5) is 0 Å². The van der Waals surface area contributed by atoms with Crippen LogP contribution in [-0.4, -0.2) is 25.4 Å². The molecule has 0 amide bonds. The lowest BCUT2D eigenvalue weighted by atomic mass is 9.41. The van der Waals surface area contributed by atoms with Crippen molar-refractivity contribution in [1.29, 1.82) is 0 Å². The average molecular weight is 288 g/mol. The van der Waals surface area contributed by atoms with Crippen LogP contribution in [0.5, 0.6) is 0 Å². The number of allylic oxidation sites excluding steroid dienone is 1. The van der Waals surface area contributed by atoms with Crippen LogP contribution in [-0.2, 0) is 9.47 Å². The van der Waals surface area contributed by atoms with Crippen molar-refractivity contribution in [3.8, 4) is 0 Å². The molecule has 6 atom stereocenters. The minimum Gasteiger partial charge on any atom is -0.384 e. The summed E-state index contributed by atoms with van der Waals surface area (Å²) < 4.78 is 11.9. The summed E-state index contributed by atoms with van der Waals surface area (Å²) in [4.78, 5) is 0. The first-order valence-corrected chi connectivity index (χ1v) is 8.37. The van der Waals surface area contributed by atoms with E-state index in [-0.39, 0.29) is 11.0 Å². The molecule has 3 fully saturated rings. The second-order valence-corrected chi connectivity index (χ2v) is 8.67. The molecule has 1 saturated heterocycles. The molecule has 0 radical (unpaired) electrons. The van der Waals surface area contributed by atoms with Gasteiger partial charge >= 0.3 is 0 Å². The van der Waals surface area contributed by atoms with Gasteiger partial charge in [0.25, 0.3) is 0 Å². The van der Waals surface area contributed by atoms with Crippen molar-refractivity contribution < 1.29 is 9.47 Å². The van der Waals surface area contributed by atoms with E-state index in [4.69, 9.17) is 9.47 Å². The Labute approximate surface area is 128 Å². The lowest BCUT2D eigenvalue weighted by Crippen LogP contribution is -2.59. The molecule has 0 spiro atoms. The highest BCUT2D eigenvalue weighted by Crippen LogP contribution is 2.69. The first-order valence-electron chi connectivity index (χ1n) is 8.37. The molecule has 5 aliphatic rings. The predicted octanol–water partition coefficient (Wildman–Crippen LogP) is 3.98. The summed E-state index contributed by atoms with van der Waals surface area (Å²) in [6, 6.07) is 0. The van der Waals surface area contributed by atoms with Crippen molar-refractivity contribution in [3.63, 3.8) is 0 Å². The van der Waals surface area contributed by atoms with Crippen molar-refractivity contribution in [3.05, 3.63) is 24.3 Å². The summed E-state index contributed by atoms with van der Waals surface area (Å²) in [5.41, 5.74) is 2.06. The maximum absolute atomic E-state index is 6.17. The van der Waals surface area contributed by atoms with E-state index < -0.39 is 0 Å². The van der Waals surface area contributed by atoms with Crippen LogP contribution < -0.4 is 0 Å². The molecule has 0 N–H and O–H groups in total. The highest BCUT2D eigenvalue weighted by atomic mass is 16.6. The molecule has 2 bridgehead atoms. The molecule has 4 aliphatic carbocycles. The Bertz CT molecular complexity index is 520. The van der Waals surface area contributed by atoms with Crippen LogP contribution in [0.3, 0.4) is 0 Å². The first-order chi connectivity index (χ1) is 9.84. The van der Waals surface area contributed by atoms with Gasteiger partial charge in [-0.1, -0.05) is 38.2 Å². The van der Waals surface area contributed by atoms with Crippen LogP contribution in [0, 0.1) is 28.6 Å². The molecule has 2 heteroatoms. The maximum Gasteiger partial charge on any atom is 0.0989 e. The summed E-state index contributed by atoms with van der Waals surface area (Å²) in [6.45, 7) is 12.5. The first kappa shape index (κ1) is 14.0. The number of hydrogen-bond donors (Lipinski definition) is 0. The molecule has 5 rings (SSSR count). The molecule has 2 saturated carbocycles. The van der Waals surface area contributed by atoms with E-state index in [1.54, 1.807) is 0 Å². The van der Waals surface area contributed by atoms with Gasteiger partial charge in [0.15, 0.2) is 0 Å². The Kier molecular flexibility index (Phi) is 2.69. The molecule has 2 nitrogen and oxygen atoms in total. The molecule has 0 unspecified atom stereocenters. The quantitative estimate of drug-likeness (QED) is 0.566. The molecule has 21 heavy (non-hydrogen) atoms. The minimum absolute atomic E-state index is 0.0704. The third-order valence-electron chi connectivity index (χ3n) is 7.31. The molecule has 0 aromatic rings. The summed E-state index contributed by atoms with van der Waals surface area (Å²) >= 11 is 0. The van der Waals surface area contributed by atoms with E-state index in [9.17, 15) is 0 Å². The molecule has 0 aromatic heterocycles. The largest absolute Gasteiger partial charge is 0.384 e. The second-order valence-electron chi connectivity index (χ2n) is 8.67. The van der Waals surface area contributed by atoms with Gasteiger partial charge in [-0.3, -0.25) is 0 Å². The Morgan fingerprint density at radius 2 is 2.05 bits per heavy atom. The van der Waals surface area contributed by atoms with E-state index in [1.807, 2.05) is 7.11 Å². The second kappa shape index (κ2) is 4.02. The molecule has 116 valence electrons. The van der Waals surface area contributed by atoms with E-state index in [2.05, 4.69) is 39.5 Å². The topological polar surface area (TPSA) is 21.8 Å². The van der Waals surface area contributed by atoms with Gasteiger partial charge in [-0.2, -0.15) is 0 Å². The van der Waals surface area contributed by atoms with Gasteiger partial charge < -0.3 is 9.47 Å². The van der Waals surface area contributed by atoms with E-state index in [1.165, 1.54) is 18.4 Å². The monoisotopic (exact) mass is 288 g/mol. The predicted molar refractivity (Wildman–Crippen MR) is 84.0 cm³/mol. The van der Waals surface area contributed by atoms with E-state index in [0.29, 0.717) is 29.3 Å². The van der Waals surface area contributed by atoms with Gasteiger partial charge in [0.2, 0.25) is 0 Å². The highest BCUT2D eigenvalue weighted by molar-refractivity contribution is 5.30. The molecule has 0 aromatic carbocycles. The standard InChI is InChI=1S/C19H28O2/c1-12-8-13-6-7-14(18(4)16(13)21-18)9-19(11-20-5)15(12)10-17(19,2)3/h6-7,13-16H,1,8-11H2,2-5H3/t13-,14-,15+,16-,18+,19-/m0/s1. The van der Waals surface area contributed by atoms with Crippen molar-refractivity contribution in [2.75, 3.05) is 13.7 Å². The van der Waals surface area contributed by atoms with Crippen LogP contribution in [0.15, 0.2) is 24.3 Å². The SMILES string of the molecule is C=C1C[C@@H]2C=C[C@@H](C[C@]3(COC)[C@@H]1CC3(C)C)[C@@]1(C)O[C@@H]21. The maximum atomic E-state index is 6.17. The molecule has 1 heterocycles. The summed E-state index contributed by atoms with van der Waals surface area (Å²) in [5, 5.41) is 0. The fraction of sp³-hybridized carbons (Fsp3) is 0.789. The fourth-order valence-electron chi connectivity index (χ4n) is 5.72. The number of ether oxygens (including phenoxy) is 2. The molecule has 1 aliphatic heterocycles. The van der Waals surface area contributed by atoms with Gasteiger partial charge in [-0.05, 0) is 37.5 Å². The number of fused-ring (bicyclic) bond motifs is 1. The van der Waals surface area contributed by atoms with Gasteiger partial charge in [0, 0.05) is 24.4 Å². The molecular weight excluding hydrogens is 260 g/mol. The third kappa shape index (κ3) is 1.61. The number of rotatable bonds is 2. The number of methoxy groups -OCH3 is 1. The van der Waals surface area contributed by atoms with E-state index >= 15 is 0 Å². The van der Waals surface area contributed by atoms with Crippen LogP contribution in [0.2, 0.25) is 0 Å². The Morgan fingerprint density at radius 1 is 1.29 bits per heavy atom. The van der Waals surface area contributed by atoms with Gasteiger partial charge in [-0.15, -0.1) is 0 Å². The fourth-order valence-corrected chi connectivity index (χ4v) is 5.72. The van der Waals surface area contributed by atoms with Crippen molar-refractivity contribution in [1.82, 2.24) is 0 Å². The average Bonchev–Trinajstić information content (AvgIpc) is 3.10. The van der Waals surface area contributed by atoms with Crippen LogP contribution in [0.1, 0.15) is 40.0 Å². The smallest absolute Gasteiger partial charge is 0.0989 e.